The Morgan fingerprint density at radius 1 is 1.38 bits per heavy atom. The van der Waals surface area contributed by atoms with Gasteiger partial charge in [0, 0.05) is 12.3 Å². The Kier molecular flexibility index (Phi) is 2.41. The van der Waals surface area contributed by atoms with Crippen molar-refractivity contribution in [2.75, 3.05) is 0 Å². The van der Waals surface area contributed by atoms with Crippen LogP contribution in [0.3, 0.4) is 0 Å². The highest BCUT2D eigenvalue weighted by Crippen LogP contribution is 2.16. The number of aryl methyl sites for hydroxylation is 1. The van der Waals surface area contributed by atoms with Crippen molar-refractivity contribution in [1.82, 2.24) is 9.38 Å². The minimum Gasteiger partial charge on any atom is -0.269 e. The molecule has 2 heterocycles. The van der Waals surface area contributed by atoms with Crippen LogP contribution in [0.4, 0.5) is 13.2 Å². The van der Waals surface area contributed by atoms with Gasteiger partial charge < -0.3 is 0 Å². The van der Waals surface area contributed by atoms with Crippen LogP contribution in [0.15, 0.2) is 23.1 Å². The van der Waals surface area contributed by atoms with Gasteiger partial charge in [-0.2, -0.15) is 0 Å². The van der Waals surface area contributed by atoms with Gasteiger partial charge >= 0.3 is 0 Å². The Morgan fingerprint density at radius 2 is 2.06 bits per heavy atom. The lowest BCUT2D eigenvalue weighted by Crippen LogP contribution is -2.17. The molecular weight excluding hydrogens is 221 g/mol. The number of rotatable bonds is 1. The van der Waals surface area contributed by atoms with Gasteiger partial charge in [0.15, 0.2) is 11.5 Å². The predicted molar refractivity (Wildman–Crippen MR) is 51.1 cm³/mol. The third-order valence-electron chi connectivity index (χ3n) is 2.10. The summed E-state index contributed by atoms with van der Waals surface area (Å²) in [5, 5.41) is 0. The van der Waals surface area contributed by atoms with Crippen LogP contribution in [0, 0.1) is 12.7 Å². The van der Waals surface area contributed by atoms with Gasteiger partial charge in [-0.3, -0.25) is 9.20 Å². The summed E-state index contributed by atoms with van der Waals surface area (Å²) < 4.78 is 39.0. The molecule has 0 amide bonds. The van der Waals surface area contributed by atoms with Crippen molar-refractivity contribution in [2.45, 2.75) is 13.3 Å². The summed E-state index contributed by atoms with van der Waals surface area (Å²) in [7, 11) is 0. The third-order valence-corrected chi connectivity index (χ3v) is 2.10. The fourth-order valence-corrected chi connectivity index (χ4v) is 1.42. The predicted octanol–water partition coefficient (Wildman–Crippen LogP) is 2.08. The average Bonchev–Trinajstić information content (AvgIpc) is 2.19. The summed E-state index contributed by atoms with van der Waals surface area (Å²) in [6, 6.07) is 1.84. The molecule has 0 bridgehead atoms. The van der Waals surface area contributed by atoms with E-state index in [0.717, 1.165) is 10.5 Å². The average molecular weight is 228 g/mol. The molecule has 84 valence electrons. The quantitative estimate of drug-likeness (QED) is 0.748. The van der Waals surface area contributed by atoms with Gasteiger partial charge in [0.1, 0.15) is 5.69 Å². The largest absolute Gasteiger partial charge is 0.280 e. The van der Waals surface area contributed by atoms with Crippen LogP contribution >= 0.6 is 0 Å². The highest BCUT2D eigenvalue weighted by Gasteiger charge is 2.13. The molecule has 0 radical (unpaired) electrons. The molecule has 2 aromatic rings. The minimum absolute atomic E-state index is 0.381. The van der Waals surface area contributed by atoms with Crippen molar-refractivity contribution in [3.8, 4) is 0 Å². The van der Waals surface area contributed by atoms with E-state index < -0.39 is 23.5 Å². The smallest absolute Gasteiger partial charge is 0.269 e. The topological polar surface area (TPSA) is 34.4 Å². The summed E-state index contributed by atoms with van der Waals surface area (Å²) >= 11 is 0. The second kappa shape index (κ2) is 3.62. The molecule has 0 aliphatic rings. The molecule has 0 aromatic carbocycles. The van der Waals surface area contributed by atoms with Gasteiger partial charge in [-0.05, 0) is 18.6 Å². The second-order valence-electron chi connectivity index (χ2n) is 3.38. The SMILES string of the molecule is Cc1cc(F)c2nc(C(F)F)cc(=O)n2c1. The molecule has 16 heavy (non-hydrogen) atoms. The van der Waals surface area contributed by atoms with E-state index in [-0.39, 0.29) is 5.65 Å². The maximum Gasteiger partial charge on any atom is 0.280 e. The van der Waals surface area contributed by atoms with Crippen LogP contribution in [0.25, 0.3) is 5.65 Å². The van der Waals surface area contributed by atoms with E-state index in [1.807, 2.05) is 0 Å². The number of hydrogen-bond acceptors (Lipinski definition) is 2. The van der Waals surface area contributed by atoms with Crippen LogP contribution in [0.1, 0.15) is 17.7 Å². The van der Waals surface area contributed by atoms with Gasteiger partial charge in [-0.15, -0.1) is 0 Å². The zero-order chi connectivity index (χ0) is 11.9. The van der Waals surface area contributed by atoms with E-state index in [9.17, 15) is 18.0 Å². The lowest BCUT2D eigenvalue weighted by atomic mass is 10.3. The number of pyridine rings is 1. The first-order valence-corrected chi connectivity index (χ1v) is 4.46. The number of fused-ring (bicyclic) bond motifs is 1. The maximum atomic E-state index is 13.4. The third kappa shape index (κ3) is 1.66. The molecule has 0 saturated heterocycles. The Balaban J connectivity index is 2.87. The molecular formula is C10H7F3N2O. The summed E-state index contributed by atoms with van der Waals surface area (Å²) in [5.74, 6) is -0.792. The van der Waals surface area contributed by atoms with Gasteiger partial charge in [-0.25, -0.2) is 18.2 Å². The summed E-state index contributed by atoms with van der Waals surface area (Å²) in [6.45, 7) is 1.59. The normalized spacial score (nSPS) is 11.3. The van der Waals surface area contributed by atoms with E-state index in [0.29, 0.717) is 11.6 Å². The van der Waals surface area contributed by atoms with Crippen LogP contribution in [-0.4, -0.2) is 9.38 Å². The molecule has 0 aliphatic carbocycles. The summed E-state index contributed by atoms with van der Waals surface area (Å²) in [5.41, 5.74) is -1.30. The standard InChI is InChI=1S/C10H7F3N2O/c1-5-2-6(11)10-14-7(9(12)13)3-8(16)15(10)4-5/h2-4,9H,1H3. The van der Waals surface area contributed by atoms with E-state index >= 15 is 0 Å². The van der Waals surface area contributed by atoms with Gasteiger partial charge in [0.25, 0.3) is 12.0 Å². The highest BCUT2D eigenvalue weighted by molar-refractivity contribution is 5.42. The lowest BCUT2D eigenvalue weighted by molar-refractivity contribution is 0.146. The number of halogens is 3. The van der Waals surface area contributed by atoms with Crippen LogP contribution < -0.4 is 5.56 Å². The van der Waals surface area contributed by atoms with Gasteiger partial charge in [-0.1, -0.05) is 0 Å². The van der Waals surface area contributed by atoms with Crippen molar-refractivity contribution >= 4 is 5.65 Å². The van der Waals surface area contributed by atoms with Crippen LogP contribution in [0.5, 0.6) is 0 Å². The summed E-state index contributed by atoms with van der Waals surface area (Å²) in [6.07, 6.45) is -1.54. The van der Waals surface area contributed by atoms with Crippen molar-refractivity contribution in [3.05, 3.63) is 45.8 Å². The molecule has 2 aromatic heterocycles. The number of hydrogen-bond donors (Lipinski definition) is 0. The maximum absolute atomic E-state index is 13.4. The lowest BCUT2D eigenvalue weighted by Gasteiger charge is -2.05. The van der Waals surface area contributed by atoms with Gasteiger partial charge in [0.05, 0.1) is 0 Å². The molecule has 0 spiro atoms. The molecule has 0 unspecified atom stereocenters. The van der Waals surface area contributed by atoms with Crippen molar-refractivity contribution in [1.29, 1.82) is 0 Å². The van der Waals surface area contributed by atoms with Crippen molar-refractivity contribution in [2.24, 2.45) is 0 Å². The molecule has 2 rings (SSSR count). The molecule has 0 aliphatic heterocycles. The fourth-order valence-electron chi connectivity index (χ4n) is 1.42. The Bertz CT molecular complexity index is 607. The van der Waals surface area contributed by atoms with E-state index in [1.54, 1.807) is 6.92 Å². The molecule has 0 atom stereocenters. The first-order valence-electron chi connectivity index (χ1n) is 4.46. The number of aromatic nitrogens is 2. The summed E-state index contributed by atoms with van der Waals surface area (Å²) in [4.78, 5) is 14.8. The van der Waals surface area contributed by atoms with Crippen molar-refractivity contribution in [3.63, 3.8) is 0 Å². The fraction of sp³-hybridized carbons (Fsp3) is 0.200. The van der Waals surface area contributed by atoms with Gasteiger partial charge in [0.2, 0.25) is 0 Å². The Hall–Kier alpha value is -1.85. The van der Waals surface area contributed by atoms with Crippen LogP contribution in [-0.2, 0) is 0 Å². The minimum atomic E-state index is -2.89. The second-order valence-corrected chi connectivity index (χ2v) is 3.38. The molecule has 6 heteroatoms. The number of alkyl halides is 2. The molecule has 3 nitrogen and oxygen atoms in total. The molecule has 0 saturated carbocycles. The Morgan fingerprint density at radius 3 is 2.69 bits per heavy atom. The van der Waals surface area contributed by atoms with E-state index in [2.05, 4.69) is 4.98 Å². The molecule has 0 N–H and O–H groups in total. The first kappa shape index (κ1) is 10.7. The van der Waals surface area contributed by atoms with Crippen LogP contribution in [0.2, 0.25) is 0 Å². The highest BCUT2D eigenvalue weighted by atomic mass is 19.3. The zero-order valence-electron chi connectivity index (χ0n) is 8.25. The van der Waals surface area contributed by atoms with Crippen molar-refractivity contribution < 1.29 is 13.2 Å². The monoisotopic (exact) mass is 228 g/mol. The number of nitrogens with zero attached hydrogens (tertiary/aromatic N) is 2. The first-order chi connectivity index (χ1) is 7.49. The molecule has 0 fully saturated rings. The Labute approximate surface area is 88.2 Å². The zero-order valence-corrected chi connectivity index (χ0v) is 8.25. The van der Waals surface area contributed by atoms with E-state index in [1.165, 1.54) is 6.20 Å². The van der Waals surface area contributed by atoms with E-state index in [4.69, 9.17) is 0 Å².